The number of carbonyl (C=O) groups is 4. The predicted octanol–water partition coefficient (Wildman–Crippen LogP) is 3.14. The Hall–Kier alpha value is -3.94. The highest BCUT2D eigenvalue weighted by molar-refractivity contribution is 6.10. The van der Waals surface area contributed by atoms with E-state index in [9.17, 15) is 19.2 Å². The smallest absolute Gasteiger partial charge is 0.271 e. The third-order valence-electron chi connectivity index (χ3n) is 8.91. The van der Waals surface area contributed by atoms with E-state index in [1.165, 1.54) is 0 Å². The molecule has 1 aliphatic carbocycles. The number of carbonyl (C=O) groups excluding carboxylic acids is 4. The lowest BCUT2D eigenvalue weighted by Gasteiger charge is -2.31. The number of benzene rings is 2. The molecule has 3 aromatic rings. The number of likely N-dealkylation sites (tertiary alicyclic amines) is 1. The van der Waals surface area contributed by atoms with E-state index in [1.54, 1.807) is 4.90 Å². The average molecular weight is 513 g/mol. The number of para-hydroxylation sites is 1. The second-order valence-corrected chi connectivity index (χ2v) is 11.4. The number of rotatable bonds is 7. The molecular formula is C30H32N4O4. The van der Waals surface area contributed by atoms with Crippen LogP contribution in [0.3, 0.4) is 0 Å². The van der Waals surface area contributed by atoms with E-state index in [4.69, 9.17) is 0 Å². The number of H-pyrrole nitrogens is 1. The summed E-state index contributed by atoms with van der Waals surface area (Å²) in [5, 5.41) is 6.59. The van der Waals surface area contributed by atoms with Crippen molar-refractivity contribution in [3.63, 3.8) is 0 Å². The zero-order valence-electron chi connectivity index (χ0n) is 21.6. The second-order valence-electron chi connectivity index (χ2n) is 11.4. The molecule has 0 spiro atoms. The first-order chi connectivity index (χ1) is 18.3. The van der Waals surface area contributed by atoms with E-state index in [0.717, 1.165) is 22.0 Å². The van der Waals surface area contributed by atoms with Gasteiger partial charge in [-0.2, -0.15) is 0 Å². The number of amides is 3. The Balaban J connectivity index is 1.31. The number of nitrogens with one attached hydrogen (secondary N) is 3. The molecule has 8 heteroatoms. The van der Waals surface area contributed by atoms with Crippen molar-refractivity contribution in [2.75, 3.05) is 13.1 Å². The van der Waals surface area contributed by atoms with Gasteiger partial charge in [-0.15, -0.1) is 0 Å². The normalized spacial score (nSPS) is 26.1. The number of piperidine rings is 1. The van der Waals surface area contributed by atoms with Crippen molar-refractivity contribution >= 4 is 34.9 Å². The topological polar surface area (TPSA) is 111 Å². The zero-order valence-corrected chi connectivity index (χ0v) is 21.6. The molecule has 8 nitrogen and oxygen atoms in total. The standard InChI is InChI=1S/C30H32N4O4/c1-30(2)21-15-34(26(24(21)30)28(37)32-19(16-35)14-18-12-13-31-27(18)36)29(38)25-23(17-8-4-3-5-9-17)20-10-6-7-11-22(20)33-25/h3-11,16,18-19,21,24,26,33H,12-15H2,1-2H3,(H,31,36)(H,32,37)/t18-,19-,21-,24-,26-/m0/s1. The van der Waals surface area contributed by atoms with Crippen LogP contribution in [0.1, 0.15) is 37.2 Å². The predicted molar refractivity (Wildman–Crippen MR) is 143 cm³/mol. The van der Waals surface area contributed by atoms with Crippen LogP contribution in [0.4, 0.5) is 0 Å². The van der Waals surface area contributed by atoms with Gasteiger partial charge in [0.15, 0.2) is 0 Å². The third kappa shape index (κ3) is 3.90. The van der Waals surface area contributed by atoms with Crippen LogP contribution in [0.15, 0.2) is 54.6 Å². The van der Waals surface area contributed by atoms with Gasteiger partial charge in [0.05, 0.1) is 6.04 Å². The quantitative estimate of drug-likeness (QED) is 0.422. The molecule has 3 amide bonds. The molecule has 6 rings (SSSR count). The molecule has 1 saturated carbocycles. The van der Waals surface area contributed by atoms with Crippen LogP contribution in [0.5, 0.6) is 0 Å². The Bertz CT molecular complexity index is 1430. The monoisotopic (exact) mass is 512 g/mol. The summed E-state index contributed by atoms with van der Waals surface area (Å²) in [5.41, 5.74) is 3.00. The molecule has 3 fully saturated rings. The summed E-state index contributed by atoms with van der Waals surface area (Å²) in [6, 6.07) is 16.1. The molecule has 196 valence electrons. The zero-order chi connectivity index (χ0) is 26.6. The van der Waals surface area contributed by atoms with Gasteiger partial charge in [-0.05, 0) is 41.7 Å². The van der Waals surface area contributed by atoms with E-state index in [2.05, 4.69) is 29.5 Å². The molecule has 0 unspecified atom stereocenters. The molecule has 1 aromatic heterocycles. The van der Waals surface area contributed by atoms with Gasteiger partial charge >= 0.3 is 0 Å². The molecular weight excluding hydrogens is 480 g/mol. The van der Waals surface area contributed by atoms with Crippen molar-refractivity contribution in [3.8, 4) is 11.1 Å². The lowest BCUT2D eigenvalue weighted by molar-refractivity contribution is -0.129. The average Bonchev–Trinajstić information content (AvgIpc) is 3.40. The first-order valence-corrected chi connectivity index (χ1v) is 13.3. The van der Waals surface area contributed by atoms with Crippen molar-refractivity contribution in [2.45, 2.75) is 38.8 Å². The maximum atomic E-state index is 14.2. The largest absolute Gasteiger partial charge is 0.356 e. The lowest BCUT2D eigenvalue weighted by atomic mass is 9.96. The van der Waals surface area contributed by atoms with Crippen LogP contribution < -0.4 is 10.6 Å². The van der Waals surface area contributed by atoms with Gasteiger partial charge in [0, 0.05) is 35.5 Å². The Kier molecular flexibility index (Phi) is 5.85. The first kappa shape index (κ1) is 24.4. The maximum Gasteiger partial charge on any atom is 0.271 e. The van der Waals surface area contributed by atoms with Crippen molar-refractivity contribution in [3.05, 3.63) is 60.3 Å². The highest BCUT2D eigenvalue weighted by atomic mass is 16.2. The Morgan fingerprint density at radius 1 is 1.13 bits per heavy atom. The minimum atomic E-state index is -0.776. The van der Waals surface area contributed by atoms with E-state index < -0.39 is 12.1 Å². The van der Waals surface area contributed by atoms with Gasteiger partial charge in [0.2, 0.25) is 11.8 Å². The Labute approximate surface area is 221 Å². The molecule has 3 N–H and O–H groups in total. The Morgan fingerprint density at radius 3 is 2.58 bits per heavy atom. The van der Waals surface area contributed by atoms with Crippen molar-refractivity contribution in [2.24, 2.45) is 23.2 Å². The number of aldehydes is 1. The van der Waals surface area contributed by atoms with Gasteiger partial charge in [-0.25, -0.2) is 0 Å². The molecule has 2 saturated heterocycles. The highest BCUT2D eigenvalue weighted by Crippen LogP contribution is 2.65. The summed E-state index contributed by atoms with van der Waals surface area (Å²) in [6.07, 6.45) is 1.61. The van der Waals surface area contributed by atoms with Crippen molar-refractivity contribution in [1.82, 2.24) is 20.5 Å². The molecule has 5 atom stereocenters. The first-order valence-electron chi connectivity index (χ1n) is 13.3. The van der Waals surface area contributed by atoms with Crippen LogP contribution in [0.25, 0.3) is 22.0 Å². The van der Waals surface area contributed by atoms with E-state index in [-0.39, 0.29) is 47.3 Å². The van der Waals surface area contributed by atoms with Gasteiger partial charge in [0.25, 0.3) is 5.91 Å². The fraction of sp³-hybridized carbons (Fsp3) is 0.400. The fourth-order valence-electron chi connectivity index (χ4n) is 6.74. The van der Waals surface area contributed by atoms with Crippen LogP contribution in [0, 0.1) is 23.2 Å². The highest BCUT2D eigenvalue weighted by Gasteiger charge is 2.69. The molecule has 2 aromatic carbocycles. The number of aromatic nitrogens is 1. The van der Waals surface area contributed by atoms with Gasteiger partial charge < -0.3 is 25.3 Å². The second kappa shape index (κ2) is 9.11. The Morgan fingerprint density at radius 2 is 1.87 bits per heavy atom. The molecule has 0 bridgehead atoms. The molecule has 2 aliphatic heterocycles. The maximum absolute atomic E-state index is 14.2. The van der Waals surface area contributed by atoms with Gasteiger partial charge in [0.1, 0.15) is 18.0 Å². The van der Waals surface area contributed by atoms with Crippen LogP contribution in [-0.4, -0.2) is 59.1 Å². The lowest BCUT2D eigenvalue weighted by Crippen LogP contribution is -2.52. The number of aromatic amines is 1. The van der Waals surface area contributed by atoms with Crippen LogP contribution >= 0.6 is 0 Å². The SMILES string of the molecule is CC1(C)[C@@H]2[C@@H](C(=O)N[C@H](C=O)C[C@@H]3CCNC3=O)N(C(=O)c3[nH]c4ccccc4c3-c3ccccc3)C[C@@H]21. The fourth-order valence-corrected chi connectivity index (χ4v) is 6.74. The number of fused-ring (bicyclic) bond motifs is 2. The summed E-state index contributed by atoms with van der Waals surface area (Å²) >= 11 is 0. The molecule has 3 heterocycles. The number of hydrogen-bond donors (Lipinski definition) is 3. The summed E-state index contributed by atoms with van der Waals surface area (Å²) in [6.45, 7) is 5.32. The van der Waals surface area contributed by atoms with Gasteiger partial charge in [-0.3, -0.25) is 14.4 Å². The van der Waals surface area contributed by atoms with Crippen LogP contribution in [-0.2, 0) is 14.4 Å². The van der Waals surface area contributed by atoms with Crippen molar-refractivity contribution < 1.29 is 19.2 Å². The third-order valence-corrected chi connectivity index (χ3v) is 8.91. The van der Waals surface area contributed by atoms with Crippen LogP contribution in [0.2, 0.25) is 0 Å². The van der Waals surface area contributed by atoms with E-state index in [1.807, 2.05) is 54.6 Å². The molecule has 3 aliphatic rings. The molecule has 38 heavy (non-hydrogen) atoms. The summed E-state index contributed by atoms with van der Waals surface area (Å²) < 4.78 is 0. The van der Waals surface area contributed by atoms with Gasteiger partial charge in [-0.1, -0.05) is 62.4 Å². The van der Waals surface area contributed by atoms with E-state index >= 15 is 0 Å². The van der Waals surface area contributed by atoms with Crippen molar-refractivity contribution in [1.29, 1.82) is 0 Å². The molecule has 0 radical (unpaired) electrons. The van der Waals surface area contributed by atoms with E-state index in [0.29, 0.717) is 31.5 Å². The number of hydrogen-bond acceptors (Lipinski definition) is 4. The minimum Gasteiger partial charge on any atom is -0.356 e. The summed E-state index contributed by atoms with van der Waals surface area (Å²) in [5.74, 6) is -0.707. The summed E-state index contributed by atoms with van der Waals surface area (Å²) in [7, 11) is 0. The number of nitrogens with zero attached hydrogens (tertiary/aromatic N) is 1. The summed E-state index contributed by atoms with van der Waals surface area (Å²) in [4.78, 5) is 56.8. The minimum absolute atomic E-state index is 0.0121.